The molecule has 0 aromatic rings. The molecule has 0 aromatic heterocycles. The predicted octanol–water partition coefficient (Wildman–Crippen LogP) is 16.3. The summed E-state index contributed by atoms with van der Waals surface area (Å²) in [5.74, 6) is -0.591. The summed E-state index contributed by atoms with van der Waals surface area (Å²) >= 11 is 0. The summed E-state index contributed by atoms with van der Waals surface area (Å²) in [7, 11) is 0. The highest BCUT2D eigenvalue weighted by molar-refractivity contribution is 5.77. The molecule has 0 aromatic carbocycles. The number of nitrogens with one attached hydrogen (secondary N) is 1. The minimum Gasteiger partial charge on any atom is -0.462 e. The van der Waals surface area contributed by atoms with Gasteiger partial charge >= 0.3 is 5.97 Å². The molecule has 0 aliphatic heterocycles. The van der Waals surface area contributed by atoms with Gasteiger partial charge in [-0.25, -0.2) is 0 Å². The Hall–Kier alpha value is -3.48. The van der Waals surface area contributed by atoms with E-state index >= 15 is 0 Å². The summed E-state index contributed by atoms with van der Waals surface area (Å²) in [6.45, 7) is 6.34. The number of aliphatic hydroxyl groups is 2. The molecule has 0 aliphatic carbocycles. The lowest BCUT2D eigenvalue weighted by Gasteiger charge is -2.24. The van der Waals surface area contributed by atoms with Gasteiger partial charge in [0.15, 0.2) is 0 Å². The minimum atomic E-state index is -0.816. The number of allylic oxidation sites excluding steroid dienone is 18. The molecule has 0 saturated heterocycles. The number of ether oxygens (including phenoxy) is 1. The van der Waals surface area contributed by atoms with E-state index in [2.05, 4.69) is 99.0 Å². The molecule has 370 valence electrons. The van der Waals surface area contributed by atoms with Crippen LogP contribution in [0.5, 0.6) is 0 Å². The van der Waals surface area contributed by atoms with Gasteiger partial charge in [-0.05, 0) is 83.5 Å². The van der Waals surface area contributed by atoms with Crippen molar-refractivity contribution in [2.45, 2.75) is 244 Å². The van der Waals surface area contributed by atoms with E-state index in [1.165, 1.54) is 89.9 Å². The minimum absolute atomic E-state index is 0.0211. The van der Waals surface area contributed by atoms with E-state index < -0.39 is 18.2 Å². The van der Waals surface area contributed by atoms with Crippen molar-refractivity contribution in [3.8, 4) is 0 Å². The molecule has 3 atom stereocenters. The smallest absolute Gasteiger partial charge is 0.306 e. The summed E-state index contributed by atoms with van der Waals surface area (Å²) in [6.07, 6.45) is 70.0. The van der Waals surface area contributed by atoms with E-state index in [-0.39, 0.29) is 24.9 Å². The molecule has 0 bridgehead atoms. The number of aliphatic hydroxyl groups excluding tert-OH is 2. The second-order valence-corrected chi connectivity index (χ2v) is 17.7. The molecule has 0 saturated carbocycles. The number of hydrogen-bond donors (Lipinski definition) is 3. The first-order valence-electron chi connectivity index (χ1n) is 26.7. The van der Waals surface area contributed by atoms with Crippen LogP contribution in [0.1, 0.15) is 226 Å². The van der Waals surface area contributed by atoms with Crippen LogP contribution in [0.2, 0.25) is 0 Å². The quantitative estimate of drug-likeness (QED) is 0.0245. The Balaban J connectivity index is 4.80. The van der Waals surface area contributed by atoms with Gasteiger partial charge in [0, 0.05) is 6.42 Å². The lowest BCUT2D eigenvalue weighted by Crippen LogP contribution is -2.46. The molecular formula is C59H99NO5. The highest BCUT2D eigenvalue weighted by Gasteiger charge is 2.24. The standard InChI is InChI=1S/C59H99NO5/c1-4-7-10-13-16-19-22-25-27-29-31-34-37-40-43-46-49-52-59(64)65-55(50-47-44-41-38-35-33-30-28-26-23-20-17-14-11-8-5-2)53-58(63)60-56(54-61)57(62)51-48-45-42-39-36-32-24-21-18-15-12-9-6-3/h11,14,16-17,19-20,23,25-28,30-31,33-35,40,43,55-57,61-62H,4-10,12-13,15,18,21-22,24,29,32,36-39,41-42,44-54H2,1-3H3,(H,60,63)/b14-11+,19-16-,20-17+,26-23+,27-25-,30-28+,34-31-,35-33+,43-40-. The van der Waals surface area contributed by atoms with Gasteiger partial charge in [-0.3, -0.25) is 9.59 Å². The Labute approximate surface area is 400 Å². The maximum Gasteiger partial charge on any atom is 0.306 e. The zero-order chi connectivity index (χ0) is 47.4. The molecule has 65 heavy (non-hydrogen) atoms. The van der Waals surface area contributed by atoms with Crippen LogP contribution in [0, 0.1) is 0 Å². The summed E-state index contributed by atoms with van der Waals surface area (Å²) in [6, 6.07) is -0.734. The number of carbonyl (C=O) groups is 2. The highest BCUT2D eigenvalue weighted by atomic mass is 16.5. The molecular weight excluding hydrogens is 803 g/mol. The van der Waals surface area contributed by atoms with Crippen molar-refractivity contribution in [3.63, 3.8) is 0 Å². The van der Waals surface area contributed by atoms with Gasteiger partial charge in [-0.15, -0.1) is 0 Å². The number of amides is 1. The van der Waals surface area contributed by atoms with E-state index in [0.717, 1.165) is 83.5 Å². The number of unbranched alkanes of at least 4 members (excludes halogenated alkanes) is 20. The molecule has 3 N–H and O–H groups in total. The first-order valence-corrected chi connectivity index (χ1v) is 26.7. The summed E-state index contributed by atoms with van der Waals surface area (Å²) in [5, 5.41) is 23.8. The van der Waals surface area contributed by atoms with Crippen molar-refractivity contribution in [2.75, 3.05) is 6.61 Å². The second-order valence-electron chi connectivity index (χ2n) is 17.7. The molecule has 0 spiro atoms. The number of rotatable bonds is 46. The predicted molar refractivity (Wildman–Crippen MR) is 282 cm³/mol. The molecule has 6 nitrogen and oxygen atoms in total. The third kappa shape index (κ3) is 46.8. The van der Waals surface area contributed by atoms with Crippen molar-refractivity contribution in [2.24, 2.45) is 0 Å². The monoisotopic (exact) mass is 902 g/mol. The largest absolute Gasteiger partial charge is 0.462 e. The topological polar surface area (TPSA) is 95.9 Å². The van der Waals surface area contributed by atoms with E-state index in [4.69, 9.17) is 4.74 Å². The Morgan fingerprint density at radius 3 is 1.42 bits per heavy atom. The van der Waals surface area contributed by atoms with E-state index in [1.54, 1.807) is 0 Å². The first kappa shape index (κ1) is 61.5. The van der Waals surface area contributed by atoms with Gasteiger partial charge in [-0.2, -0.15) is 0 Å². The number of esters is 1. The molecule has 0 rings (SSSR count). The zero-order valence-corrected chi connectivity index (χ0v) is 42.1. The van der Waals surface area contributed by atoms with Crippen molar-refractivity contribution < 1.29 is 24.5 Å². The normalized spacial score (nSPS) is 14.1. The van der Waals surface area contributed by atoms with Crippen LogP contribution in [0.4, 0.5) is 0 Å². The maximum absolute atomic E-state index is 13.2. The fourth-order valence-electron chi connectivity index (χ4n) is 7.39. The maximum atomic E-state index is 13.2. The molecule has 6 heteroatoms. The van der Waals surface area contributed by atoms with Crippen LogP contribution in [-0.4, -0.2) is 46.9 Å². The second kappa shape index (κ2) is 51.5. The molecule has 1 amide bonds. The van der Waals surface area contributed by atoms with E-state index in [0.29, 0.717) is 25.7 Å². The van der Waals surface area contributed by atoms with Gasteiger partial charge in [0.2, 0.25) is 5.91 Å². The van der Waals surface area contributed by atoms with Crippen LogP contribution in [0.15, 0.2) is 109 Å². The fourth-order valence-corrected chi connectivity index (χ4v) is 7.39. The Morgan fingerprint density at radius 1 is 0.462 bits per heavy atom. The van der Waals surface area contributed by atoms with Gasteiger partial charge in [-0.1, -0.05) is 239 Å². The lowest BCUT2D eigenvalue weighted by atomic mass is 10.0. The number of hydrogen-bond acceptors (Lipinski definition) is 5. The molecule has 0 radical (unpaired) electrons. The van der Waals surface area contributed by atoms with Crippen LogP contribution in [0.3, 0.4) is 0 Å². The van der Waals surface area contributed by atoms with Crippen LogP contribution < -0.4 is 5.32 Å². The fraction of sp³-hybridized carbons (Fsp3) is 0.661. The molecule has 3 unspecified atom stereocenters. The SMILES string of the molecule is CCC/C=C/C=C/C=C/C=C/C=C/CCCCCC(CC(=O)NC(CO)C(O)CCCCCCCCCCCCCCC)OC(=O)CCC/C=C\C/C=C\C/C=C\C/C=C\CCCCC. The van der Waals surface area contributed by atoms with Crippen molar-refractivity contribution in [1.29, 1.82) is 0 Å². The van der Waals surface area contributed by atoms with Crippen LogP contribution >= 0.6 is 0 Å². The van der Waals surface area contributed by atoms with Gasteiger partial charge < -0.3 is 20.3 Å². The highest BCUT2D eigenvalue weighted by Crippen LogP contribution is 2.17. The Kier molecular flexibility index (Phi) is 48.7. The Bertz CT molecular complexity index is 1330. The average molecular weight is 902 g/mol. The van der Waals surface area contributed by atoms with Crippen molar-refractivity contribution >= 4 is 11.9 Å². The summed E-state index contributed by atoms with van der Waals surface area (Å²) in [4.78, 5) is 26.2. The third-order valence-electron chi connectivity index (χ3n) is 11.4. The van der Waals surface area contributed by atoms with Crippen LogP contribution in [-0.2, 0) is 14.3 Å². The first-order chi connectivity index (χ1) is 32.0. The summed E-state index contributed by atoms with van der Waals surface area (Å²) < 4.78 is 5.89. The third-order valence-corrected chi connectivity index (χ3v) is 11.4. The average Bonchev–Trinajstić information content (AvgIpc) is 3.30. The van der Waals surface area contributed by atoms with Crippen molar-refractivity contribution in [3.05, 3.63) is 109 Å². The number of carbonyl (C=O) groups excluding carboxylic acids is 2. The van der Waals surface area contributed by atoms with Gasteiger partial charge in [0.05, 0.1) is 25.2 Å². The van der Waals surface area contributed by atoms with Gasteiger partial charge in [0.1, 0.15) is 6.10 Å². The van der Waals surface area contributed by atoms with Crippen molar-refractivity contribution in [1.82, 2.24) is 5.32 Å². The lowest BCUT2D eigenvalue weighted by molar-refractivity contribution is -0.151. The summed E-state index contributed by atoms with van der Waals surface area (Å²) in [5.41, 5.74) is 0. The van der Waals surface area contributed by atoms with Crippen LogP contribution in [0.25, 0.3) is 0 Å². The van der Waals surface area contributed by atoms with E-state index in [1.807, 2.05) is 36.5 Å². The molecule has 0 heterocycles. The molecule has 0 fully saturated rings. The zero-order valence-electron chi connectivity index (χ0n) is 42.1. The Morgan fingerprint density at radius 2 is 0.877 bits per heavy atom. The molecule has 0 aliphatic rings. The van der Waals surface area contributed by atoms with Gasteiger partial charge in [0.25, 0.3) is 0 Å². The van der Waals surface area contributed by atoms with E-state index in [9.17, 15) is 19.8 Å².